The van der Waals surface area contributed by atoms with Crippen LogP contribution in [0, 0.1) is 0 Å². The van der Waals surface area contributed by atoms with E-state index in [1.54, 1.807) is 12.1 Å². The molecule has 0 saturated heterocycles. The number of nitrogens with zero attached hydrogens (tertiary/aromatic N) is 5. The minimum absolute atomic E-state index is 0.0542. The van der Waals surface area contributed by atoms with E-state index in [0.717, 1.165) is 29.5 Å². The molecule has 0 radical (unpaired) electrons. The Morgan fingerprint density at radius 3 is 2.65 bits per heavy atom. The maximum absolute atomic E-state index is 13.1. The smallest absolute Gasteiger partial charge is 0.411 e. The standard InChI is InChI=1S/C19H13F3N6O2S/c20-19(21,22)13-6-7-15(28-11-23-10-24-28)14(8-13)25-16(29)9-31-18-27-26-17(30-18)12-4-2-1-3-5-12/h1-8,10-11H,9H2,(H,25,29). The van der Waals surface area contributed by atoms with Gasteiger partial charge in [-0.2, -0.15) is 18.3 Å². The van der Waals surface area contributed by atoms with E-state index >= 15 is 0 Å². The van der Waals surface area contributed by atoms with Gasteiger partial charge in [0.1, 0.15) is 12.7 Å². The molecule has 2 aromatic heterocycles. The lowest BCUT2D eigenvalue weighted by Crippen LogP contribution is -2.17. The number of benzene rings is 2. The van der Waals surface area contributed by atoms with Gasteiger partial charge in [0, 0.05) is 5.56 Å². The van der Waals surface area contributed by atoms with E-state index < -0.39 is 17.6 Å². The zero-order chi connectivity index (χ0) is 21.8. The third-order valence-corrected chi connectivity index (χ3v) is 4.84. The van der Waals surface area contributed by atoms with Crippen LogP contribution in [0.2, 0.25) is 0 Å². The molecule has 12 heteroatoms. The summed E-state index contributed by atoms with van der Waals surface area (Å²) in [6, 6.07) is 12.1. The van der Waals surface area contributed by atoms with Crippen molar-refractivity contribution in [1.29, 1.82) is 0 Å². The molecule has 0 spiro atoms. The predicted octanol–water partition coefficient (Wildman–Crippen LogP) is 4.07. The molecule has 0 aliphatic rings. The second-order valence-corrected chi connectivity index (χ2v) is 7.07. The number of amides is 1. The first-order valence-corrected chi connectivity index (χ1v) is 9.76. The summed E-state index contributed by atoms with van der Waals surface area (Å²) < 4.78 is 46.1. The first-order valence-electron chi connectivity index (χ1n) is 8.78. The SMILES string of the molecule is O=C(CSc1nnc(-c2ccccc2)o1)Nc1cc(C(F)(F)F)ccc1-n1cncn1. The van der Waals surface area contributed by atoms with E-state index in [1.807, 2.05) is 18.2 Å². The minimum atomic E-state index is -4.56. The van der Waals surface area contributed by atoms with Gasteiger partial charge in [-0.05, 0) is 30.3 Å². The van der Waals surface area contributed by atoms with Crippen LogP contribution >= 0.6 is 11.8 Å². The number of carbonyl (C=O) groups excluding carboxylic acids is 1. The van der Waals surface area contributed by atoms with Crippen LogP contribution in [0.3, 0.4) is 0 Å². The van der Waals surface area contributed by atoms with E-state index in [9.17, 15) is 18.0 Å². The fraction of sp³-hybridized carbons (Fsp3) is 0.105. The van der Waals surface area contributed by atoms with Crippen molar-refractivity contribution in [2.45, 2.75) is 11.4 Å². The molecule has 0 saturated carbocycles. The van der Waals surface area contributed by atoms with Gasteiger partial charge in [0.15, 0.2) is 0 Å². The maximum Gasteiger partial charge on any atom is 0.416 e. The number of rotatable bonds is 6. The molecule has 0 aliphatic carbocycles. The summed E-state index contributed by atoms with van der Waals surface area (Å²) in [5, 5.41) is 14.3. The zero-order valence-corrected chi connectivity index (χ0v) is 16.4. The Labute approximate surface area is 177 Å². The van der Waals surface area contributed by atoms with Crippen LogP contribution in [0.4, 0.5) is 18.9 Å². The Balaban J connectivity index is 1.47. The van der Waals surface area contributed by atoms with Gasteiger partial charge in [0.25, 0.3) is 5.22 Å². The fourth-order valence-electron chi connectivity index (χ4n) is 2.62. The average molecular weight is 446 g/mol. The van der Waals surface area contributed by atoms with E-state index in [1.165, 1.54) is 23.4 Å². The van der Waals surface area contributed by atoms with Crippen LogP contribution in [-0.2, 0) is 11.0 Å². The summed E-state index contributed by atoms with van der Waals surface area (Å²) in [6.45, 7) is 0. The van der Waals surface area contributed by atoms with E-state index in [-0.39, 0.29) is 22.4 Å². The first kappa shape index (κ1) is 20.6. The maximum atomic E-state index is 13.1. The van der Waals surface area contributed by atoms with Crippen molar-refractivity contribution in [3.8, 4) is 17.1 Å². The molecule has 2 aromatic carbocycles. The van der Waals surface area contributed by atoms with Gasteiger partial charge >= 0.3 is 6.18 Å². The Morgan fingerprint density at radius 2 is 1.94 bits per heavy atom. The molecule has 8 nitrogen and oxygen atoms in total. The summed E-state index contributed by atoms with van der Waals surface area (Å²) >= 11 is 0.967. The van der Waals surface area contributed by atoms with Crippen molar-refractivity contribution in [1.82, 2.24) is 25.0 Å². The molecule has 158 valence electrons. The van der Waals surface area contributed by atoms with Crippen molar-refractivity contribution in [3.63, 3.8) is 0 Å². The lowest BCUT2D eigenvalue weighted by molar-refractivity contribution is -0.137. The summed E-state index contributed by atoms with van der Waals surface area (Å²) in [4.78, 5) is 16.2. The highest BCUT2D eigenvalue weighted by Crippen LogP contribution is 2.33. The lowest BCUT2D eigenvalue weighted by atomic mass is 10.1. The zero-order valence-electron chi connectivity index (χ0n) is 15.6. The van der Waals surface area contributed by atoms with Crippen molar-refractivity contribution >= 4 is 23.4 Å². The van der Waals surface area contributed by atoms with Gasteiger partial charge in [0.2, 0.25) is 11.8 Å². The third kappa shape index (κ3) is 4.91. The van der Waals surface area contributed by atoms with Crippen LogP contribution in [0.5, 0.6) is 0 Å². The first-order chi connectivity index (χ1) is 14.9. The number of hydrogen-bond acceptors (Lipinski definition) is 7. The lowest BCUT2D eigenvalue weighted by Gasteiger charge is -2.14. The molecule has 31 heavy (non-hydrogen) atoms. The second kappa shape index (κ2) is 8.60. The highest BCUT2D eigenvalue weighted by atomic mass is 32.2. The fourth-order valence-corrected chi connectivity index (χ4v) is 3.19. The number of alkyl halides is 3. The Bertz CT molecular complexity index is 1180. The highest BCUT2D eigenvalue weighted by Gasteiger charge is 2.31. The highest BCUT2D eigenvalue weighted by molar-refractivity contribution is 7.99. The third-order valence-electron chi connectivity index (χ3n) is 4.02. The molecule has 0 fully saturated rings. The summed E-state index contributed by atoms with van der Waals surface area (Å²) in [6.07, 6.45) is -2.01. The number of nitrogens with one attached hydrogen (secondary N) is 1. The molecule has 1 amide bonds. The van der Waals surface area contributed by atoms with Crippen molar-refractivity contribution in [2.24, 2.45) is 0 Å². The van der Waals surface area contributed by atoms with Gasteiger partial charge in [-0.3, -0.25) is 4.79 Å². The molecule has 0 bridgehead atoms. The van der Waals surface area contributed by atoms with Gasteiger partial charge in [-0.15, -0.1) is 10.2 Å². The van der Waals surface area contributed by atoms with Gasteiger partial charge in [-0.1, -0.05) is 30.0 Å². The Kier molecular flexibility index (Phi) is 5.71. The number of hydrogen-bond donors (Lipinski definition) is 1. The van der Waals surface area contributed by atoms with E-state index in [2.05, 4.69) is 25.6 Å². The topological polar surface area (TPSA) is 98.7 Å². The van der Waals surface area contributed by atoms with Gasteiger partial charge < -0.3 is 9.73 Å². The minimum Gasteiger partial charge on any atom is -0.411 e. The molecular formula is C19H13F3N6O2S. The van der Waals surface area contributed by atoms with Crippen LogP contribution < -0.4 is 5.32 Å². The molecule has 0 unspecified atom stereocenters. The summed E-state index contributed by atoms with van der Waals surface area (Å²) in [5.41, 5.74) is 0.0193. The van der Waals surface area contributed by atoms with Crippen LogP contribution in [0.1, 0.15) is 5.56 Å². The second-order valence-electron chi connectivity index (χ2n) is 6.15. The van der Waals surface area contributed by atoms with Crippen molar-refractivity contribution < 1.29 is 22.4 Å². The van der Waals surface area contributed by atoms with Gasteiger partial charge in [0.05, 0.1) is 22.7 Å². The number of thioether (sulfide) groups is 1. The van der Waals surface area contributed by atoms with Crippen LogP contribution in [0.15, 0.2) is 70.8 Å². The molecule has 4 rings (SSSR count). The molecule has 1 N–H and O–H groups in total. The Morgan fingerprint density at radius 1 is 1.13 bits per heavy atom. The largest absolute Gasteiger partial charge is 0.416 e. The van der Waals surface area contributed by atoms with E-state index in [0.29, 0.717) is 5.89 Å². The number of halogens is 3. The molecular weight excluding hydrogens is 433 g/mol. The van der Waals surface area contributed by atoms with Crippen LogP contribution in [0.25, 0.3) is 17.1 Å². The number of carbonyl (C=O) groups is 1. The molecule has 2 heterocycles. The van der Waals surface area contributed by atoms with Crippen molar-refractivity contribution in [2.75, 3.05) is 11.1 Å². The number of aromatic nitrogens is 5. The van der Waals surface area contributed by atoms with E-state index in [4.69, 9.17) is 4.42 Å². The van der Waals surface area contributed by atoms with Crippen molar-refractivity contribution in [3.05, 3.63) is 66.7 Å². The van der Waals surface area contributed by atoms with Gasteiger partial charge in [-0.25, -0.2) is 9.67 Å². The average Bonchev–Trinajstić information content (AvgIpc) is 3.45. The monoisotopic (exact) mass is 446 g/mol. The summed E-state index contributed by atoms with van der Waals surface area (Å²) in [7, 11) is 0. The normalized spacial score (nSPS) is 11.5. The Hall–Kier alpha value is -3.67. The number of anilines is 1. The summed E-state index contributed by atoms with van der Waals surface area (Å²) in [5.74, 6) is -0.399. The molecule has 4 aromatic rings. The molecule has 0 aliphatic heterocycles. The van der Waals surface area contributed by atoms with Crippen LogP contribution in [-0.4, -0.2) is 36.6 Å². The predicted molar refractivity (Wildman–Crippen MR) is 105 cm³/mol. The quantitative estimate of drug-likeness (QED) is 0.446. The molecule has 0 atom stereocenters.